The summed E-state index contributed by atoms with van der Waals surface area (Å²) in [7, 11) is 0. The van der Waals surface area contributed by atoms with Crippen LogP contribution in [-0.2, 0) is 0 Å². The van der Waals surface area contributed by atoms with Crippen molar-refractivity contribution in [3.8, 4) is 0 Å². The van der Waals surface area contributed by atoms with E-state index in [9.17, 15) is 8.78 Å². The molecule has 0 aliphatic heterocycles. The zero-order valence-corrected chi connectivity index (χ0v) is 12.7. The van der Waals surface area contributed by atoms with Gasteiger partial charge in [0.15, 0.2) is 0 Å². The number of rotatable bonds is 4. The Morgan fingerprint density at radius 3 is 2.20 bits per heavy atom. The van der Waals surface area contributed by atoms with E-state index in [1.807, 2.05) is 6.92 Å². The molecule has 1 N–H and O–H groups in total. The van der Waals surface area contributed by atoms with Gasteiger partial charge in [-0.15, -0.1) is 0 Å². The van der Waals surface area contributed by atoms with Crippen LogP contribution >= 0.6 is 0 Å². The van der Waals surface area contributed by atoms with E-state index in [-0.39, 0.29) is 6.04 Å². The van der Waals surface area contributed by atoms with Crippen LogP contribution in [0.4, 0.5) is 8.78 Å². The van der Waals surface area contributed by atoms with Crippen molar-refractivity contribution in [3.63, 3.8) is 0 Å². The second kappa shape index (κ2) is 6.21. The van der Waals surface area contributed by atoms with Crippen molar-refractivity contribution < 1.29 is 8.78 Å². The Balaban J connectivity index is 2.18. The van der Waals surface area contributed by atoms with Gasteiger partial charge >= 0.3 is 0 Å². The Morgan fingerprint density at radius 2 is 1.70 bits per heavy atom. The van der Waals surface area contributed by atoms with Gasteiger partial charge in [0, 0.05) is 12.1 Å². The second-order valence-corrected chi connectivity index (χ2v) is 6.74. The van der Waals surface area contributed by atoms with Gasteiger partial charge in [0.25, 0.3) is 0 Å². The summed E-state index contributed by atoms with van der Waals surface area (Å²) in [5, 5.41) is 3.42. The van der Waals surface area contributed by atoms with E-state index in [1.54, 1.807) is 0 Å². The topological polar surface area (TPSA) is 12.0 Å². The molecule has 0 saturated heterocycles. The van der Waals surface area contributed by atoms with Gasteiger partial charge in [-0.3, -0.25) is 0 Å². The summed E-state index contributed by atoms with van der Waals surface area (Å²) < 4.78 is 26.9. The lowest BCUT2D eigenvalue weighted by Gasteiger charge is -2.38. The first-order valence-corrected chi connectivity index (χ1v) is 7.60. The molecule has 1 aromatic carbocycles. The van der Waals surface area contributed by atoms with Crippen LogP contribution in [0.25, 0.3) is 0 Å². The van der Waals surface area contributed by atoms with Crippen LogP contribution in [0.15, 0.2) is 18.2 Å². The molecule has 0 amide bonds. The molecule has 3 heteroatoms. The summed E-state index contributed by atoms with van der Waals surface area (Å²) in [6.45, 7) is 7.44. The molecule has 112 valence electrons. The van der Waals surface area contributed by atoms with Gasteiger partial charge in [0.1, 0.15) is 11.6 Å². The van der Waals surface area contributed by atoms with E-state index in [4.69, 9.17) is 0 Å². The number of hydrogen-bond donors (Lipinski definition) is 1. The lowest BCUT2D eigenvalue weighted by molar-refractivity contribution is 0.162. The van der Waals surface area contributed by atoms with Gasteiger partial charge in [-0.2, -0.15) is 0 Å². The molecular formula is C17H25F2N. The normalized spacial score (nSPS) is 20.9. The van der Waals surface area contributed by atoms with Crippen molar-refractivity contribution in [1.29, 1.82) is 0 Å². The Morgan fingerprint density at radius 1 is 1.15 bits per heavy atom. The molecule has 1 atom stereocenters. The number of hydrogen-bond acceptors (Lipinski definition) is 1. The zero-order chi connectivity index (χ0) is 14.8. The van der Waals surface area contributed by atoms with Gasteiger partial charge < -0.3 is 5.32 Å². The minimum atomic E-state index is -0.487. The molecule has 0 spiro atoms. The van der Waals surface area contributed by atoms with Crippen molar-refractivity contribution in [2.75, 3.05) is 6.54 Å². The van der Waals surface area contributed by atoms with Crippen LogP contribution in [0.5, 0.6) is 0 Å². The molecule has 1 unspecified atom stereocenters. The molecule has 0 bridgehead atoms. The molecule has 2 rings (SSSR count). The molecule has 1 aliphatic carbocycles. The van der Waals surface area contributed by atoms with Crippen LogP contribution in [-0.4, -0.2) is 6.54 Å². The zero-order valence-electron chi connectivity index (χ0n) is 12.7. The average molecular weight is 281 g/mol. The third-order valence-corrected chi connectivity index (χ3v) is 4.52. The van der Waals surface area contributed by atoms with E-state index in [0.29, 0.717) is 11.3 Å². The van der Waals surface area contributed by atoms with Gasteiger partial charge in [0.2, 0.25) is 0 Å². The lowest BCUT2D eigenvalue weighted by Crippen LogP contribution is -2.33. The van der Waals surface area contributed by atoms with E-state index in [2.05, 4.69) is 19.2 Å². The Kier molecular flexibility index (Phi) is 4.79. The van der Waals surface area contributed by atoms with Crippen LogP contribution < -0.4 is 5.32 Å². The third kappa shape index (κ3) is 3.78. The van der Waals surface area contributed by atoms with E-state index in [1.165, 1.54) is 25.0 Å². The van der Waals surface area contributed by atoms with Crippen LogP contribution in [0.1, 0.15) is 58.1 Å². The summed E-state index contributed by atoms with van der Waals surface area (Å²) >= 11 is 0. The van der Waals surface area contributed by atoms with Crippen molar-refractivity contribution in [2.45, 2.75) is 52.5 Å². The smallest absolute Gasteiger partial charge is 0.126 e. The summed E-state index contributed by atoms with van der Waals surface area (Å²) in [6, 6.07) is 3.93. The van der Waals surface area contributed by atoms with Crippen molar-refractivity contribution in [3.05, 3.63) is 35.4 Å². The van der Waals surface area contributed by atoms with Gasteiger partial charge in [-0.25, -0.2) is 8.78 Å². The summed E-state index contributed by atoms with van der Waals surface area (Å²) in [4.78, 5) is 0. The molecule has 1 nitrogen and oxygen atoms in total. The Labute approximate surface area is 120 Å². The number of nitrogens with one attached hydrogen (secondary N) is 1. The predicted molar refractivity (Wildman–Crippen MR) is 78.5 cm³/mol. The first kappa shape index (κ1) is 15.4. The first-order chi connectivity index (χ1) is 9.41. The van der Waals surface area contributed by atoms with Crippen LogP contribution in [0, 0.1) is 23.0 Å². The fourth-order valence-electron chi connectivity index (χ4n) is 3.29. The highest BCUT2D eigenvalue weighted by Gasteiger charge is 2.32. The minimum Gasteiger partial charge on any atom is -0.310 e. The highest BCUT2D eigenvalue weighted by atomic mass is 19.1. The van der Waals surface area contributed by atoms with E-state index < -0.39 is 11.6 Å². The molecule has 1 saturated carbocycles. The molecule has 1 fully saturated rings. The largest absolute Gasteiger partial charge is 0.310 e. The maximum Gasteiger partial charge on any atom is 0.126 e. The van der Waals surface area contributed by atoms with Crippen molar-refractivity contribution in [2.24, 2.45) is 11.3 Å². The molecule has 20 heavy (non-hydrogen) atoms. The summed E-state index contributed by atoms with van der Waals surface area (Å²) in [6.07, 6.45) is 4.58. The molecule has 0 radical (unpaired) electrons. The maximum atomic E-state index is 13.5. The summed E-state index contributed by atoms with van der Waals surface area (Å²) in [5.41, 5.74) is 1.15. The molecule has 1 aromatic rings. The highest BCUT2D eigenvalue weighted by Crippen LogP contribution is 2.42. The fourth-order valence-corrected chi connectivity index (χ4v) is 3.29. The Bertz CT molecular complexity index is 426. The molecule has 0 aromatic heterocycles. The van der Waals surface area contributed by atoms with Crippen LogP contribution in [0.2, 0.25) is 0 Å². The second-order valence-electron chi connectivity index (χ2n) is 6.74. The monoisotopic (exact) mass is 281 g/mol. The predicted octanol–water partition coefficient (Wildman–Crippen LogP) is 4.83. The first-order valence-electron chi connectivity index (χ1n) is 7.60. The quantitative estimate of drug-likeness (QED) is 0.833. The number of halogens is 2. The number of benzene rings is 1. The van der Waals surface area contributed by atoms with Gasteiger partial charge in [-0.05, 0) is 61.3 Å². The lowest BCUT2D eigenvalue weighted by atomic mass is 9.70. The van der Waals surface area contributed by atoms with Gasteiger partial charge in [0.05, 0.1) is 0 Å². The molecule has 0 heterocycles. The van der Waals surface area contributed by atoms with Crippen molar-refractivity contribution in [1.82, 2.24) is 5.32 Å². The molecular weight excluding hydrogens is 256 g/mol. The highest BCUT2D eigenvalue weighted by molar-refractivity contribution is 5.22. The maximum absolute atomic E-state index is 13.5. The average Bonchev–Trinajstić information content (AvgIpc) is 2.35. The SMILES string of the molecule is CCNC(c1cc(F)cc(F)c1)C1CCC(C)(C)CC1. The minimum absolute atomic E-state index is 0.0568. The van der Waals surface area contributed by atoms with E-state index >= 15 is 0 Å². The fraction of sp³-hybridized carbons (Fsp3) is 0.647. The Hall–Kier alpha value is -0.960. The van der Waals surface area contributed by atoms with E-state index in [0.717, 1.165) is 31.0 Å². The van der Waals surface area contributed by atoms with Crippen molar-refractivity contribution >= 4 is 0 Å². The molecule has 1 aliphatic rings. The van der Waals surface area contributed by atoms with Crippen LogP contribution in [0.3, 0.4) is 0 Å². The van der Waals surface area contributed by atoms with Gasteiger partial charge in [-0.1, -0.05) is 20.8 Å². The summed E-state index contributed by atoms with van der Waals surface area (Å²) in [5.74, 6) is -0.512. The standard InChI is InChI=1S/C17H25F2N/c1-4-20-16(12-5-7-17(2,3)8-6-12)13-9-14(18)11-15(19)10-13/h9-12,16,20H,4-8H2,1-3H3. The third-order valence-electron chi connectivity index (χ3n) is 4.52.